The number of nitrogens with two attached hydrogens (primary N) is 1. The van der Waals surface area contributed by atoms with E-state index in [-0.39, 0.29) is 37.1 Å². The van der Waals surface area contributed by atoms with Gasteiger partial charge < -0.3 is 10.5 Å². The lowest BCUT2D eigenvalue weighted by Gasteiger charge is -2.29. The number of anilines is 2. The second kappa shape index (κ2) is 11.3. The number of H-pyrrole nitrogens is 1. The first-order valence-corrected chi connectivity index (χ1v) is 11.6. The van der Waals surface area contributed by atoms with Gasteiger partial charge in [0.05, 0.1) is 25.6 Å². The number of nitrogens with zero attached hydrogens (tertiary/aromatic N) is 2. The molecule has 1 heterocycles. The number of amides is 1. The van der Waals surface area contributed by atoms with Crippen LogP contribution in [0.3, 0.4) is 0 Å². The van der Waals surface area contributed by atoms with E-state index in [0.29, 0.717) is 0 Å². The summed E-state index contributed by atoms with van der Waals surface area (Å²) in [5.74, 6) is -1.13. The molecule has 4 aromatic rings. The average molecular weight is 485 g/mol. The SMILES string of the molecule is COCCn1c(N)c(N(Cc2ccccc2)C(=O)C(c2ccccc2)c2ccccc2)c(=O)[nH]c1=O. The van der Waals surface area contributed by atoms with E-state index >= 15 is 0 Å². The molecule has 0 aliphatic heterocycles. The molecular weight excluding hydrogens is 456 g/mol. The van der Waals surface area contributed by atoms with Crippen molar-refractivity contribution in [2.45, 2.75) is 19.0 Å². The predicted molar refractivity (Wildman–Crippen MR) is 140 cm³/mol. The number of nitrogens with one attached hydrogen (secondary N) is 1. The molecule has 4 rings (SSSR count). The Bertz CT molecular complexity index is 1380. The summed E-state index contributed by atoms with van der Waals surface area (Å²) in [5, 5.41) is 0. The molecule has 0 saturated heterocycles. The highest BCUT2D eigenvalue weighted by Gasteiger charge is 2.32. The first-order chi connectivity index (χ1) is 17.5. The van der Waals surface area contributed by atoms with E-state index in [1.54, 1.807) is 0 Å². The van der Waals surface area contributed by atoms with E-state index < -0.39 is 17.2 Å². The van der Waals surface area contributed by atoms with Crippen LogP contribution in [-0.2, 0) is 22.6 Å². The lowest BCUT2D eigenvalue weighted by atomic mass is 9.89. The van der Waals surface area contributed by atoms with Gasteiger partial charge in [-0.05, 0) is 16.7 Å². The second-order valence-electron chi connectivity index (χ2n) is 8.30. The summed E-state index contributed by atoms with van der Waals surface area (Å²) in [5.41, 5.74) is 7.28. The highest BCUT2D eigenvalue weighted by atomic mass is 16.5. The number of hydrogen-bond donors (Lipinski definition) is 2. The summed E-state index contributed by atoms with van der Waals surface area (Å²) in [7, 11) is 1.50. The number of methoxy groups -OCH3 is 1. The fourth-order valence-electron chi connectivity index (χ4n) is 4.20. The van der Waals surface area contributed by atoms with Crippen LogP contribution in [0.25, 0.3) is 0 Å². The second-order valence-corrected chi connectivity index (χ2v) is 8.30. The highest BCUT2D eigenvalue weighted by Crippen LogP contribution is 2.30. The van der Waals surface area contributed by atoms with Gasteiger partial charge in [0.25, 0.3) is 5.56 Å². The Morgan fingerprint density at radius 3 is 1.97 bits per heavy atom. The van der Waals surface area contributed by atoms with Gasteiger partial charge in [0, 0.05) is 7.11 Å². The molecule has 1 aromatic heterocycles. The molecule has 0 bridgehead atoms. The number of benzene rings is 3. The topological polar surface area (TPSA) is 110 Å². The third-order valence-electron chi connectivity index (χ3n) is 5.97. The standard InChI is InChI=1S/C28H28N4O4/c1-36-18-17-31-25(29)24(26(33)30-28(31)35)32(19-20-11-5-2-6-12-20)27(34)23(21-13-7-3-8-14-21)22-15-9-4-10-16-22/h2-16,23H,17-19,29H2,1H3,(H,30,33,35). The van der Waals surface area contributed by atoms with E-state index in [0.717, 1.165) is 16.7 Å². The molecular formula is C28H28N4O4. The van der Waals surface area contributed by atoms with Crippen molar-refractivity contribution in [1.29, 1.82) is 0 Å². The number of ether oxygens (including phenoxy) is 1. The maximum atomic E-state index is 14.4. The molecule has 184 valence electrons. The van der Waals surface area contributed by atoms with Crippen LogP contribution < -0.4 is 21.9 Å². The number of carbonyl (C=O) groups excluding carboxylic acids is 1. The molecule has 0 spiro atoms. The van der Waals surface area contributed by atoms with Gasteiger partial charge in [-0.2, -0.15) is 0 Å². The van der Waals surface area contributed by atoms with Crippen LogP contribution in [0.5, 0.6) is 0 Å². The molecule has 3 N–H and O–H groups in total. The van der Waals surface area contributed by atoms with Gasteiger partial charge in [-0.25, -0.2) is 4.79 Å². The monoisotopic (exact) mass is 484 g/mol. The fraction of sp³-hybridized carbons (Fsp3) is 0.179. The minimum atomic E-state index is -0.727. The first kappa shape index (κ1) is 24.7. The lowest BCUT2D eigenvalue weighted by Crippen LogP contribution is -2.43. The lowest BCUT2D eigenvalue weighted by molar-refractivity contribution is -0.119. The van der Waals surface area contributed by atoms with E-state index in [4.69, 9.17) is 10.5 Å². The van der Waals surface area contributed by atoms with Gasteiger partial charge in [-0.15, -0.1) is 0 Å². The Balaban J connectivity index is 1.90. The minimum Gasteiger partial charge on any atom is -0.383 e. The minimum absolute atomic E-state index is 0.0728. The van der Waals surface area contributed by atoms with Crippen LogP contribution >= 0.6 is 0 Å². The number of hydrogen-bond acceptors (Lipinski definition) is 5. The average Bonchev–Trinajstić information content (AvgIpc) is 2.90. The Labute approximate surface area is 208 Å². The summed E-state index contributed by atoms with van der Waals surface area (Å²) < 4.78 is 6.31. The van der Waals surface area contributed by atoms with Crippen molar-refractivity contribution in [1.82, 2.24) is 9.55 Å². The molecule has 36 heavy (non-hydrogen) atoms. The molecule has 0 radical (unpaired) electrons. The van der Waals surface area contributed by atoms with Crippen molar-refractivity contribution in [2.24, 2.45) is 0 Å². The Morgan fingerprint density at radius 2 is 1.44 bits per heavy atom. The molecule has 0 fully saturated rings. The normalized spacial score (nSPS) is 10.9. The molecule has 8 heteroatoms. The van der Waals surface area contributed by atoms with Crippen molar-refractivity contribution < 1.29 is 9.53 Å². The van der Waals surface area contributed by atoms with Crippen molar-refractivity contribution in [3.8, 4) is 0 Å². The number of aromatic nitrogens is 2. The molecule has 1 amide bonds. The maximum absolute atomic E-state index is 14.4. The van der Waals surface area contributed by atoms with Crippen molar-refractivity contribution in [2.75, 3.05) is 24.4 Å². The summed E-state index contributed by atoms with van der Waals surface area (Å²) in [6, 6.07) is 28.1. The molecule has 0 atom stereocenters. The Hall–Kier alpha value is -4.43. The zero-order chi connectivity index (χ0) is 25.5. The van der Waals surface area contributed by atoms with Crippen molar-refractivity contribution in [3.63, 3.8) is 0 Å². The largest absolute Gasteiger partial charge is 0.383 e. The van der Waals surface area contributed by atoms with E-state index in [9.17, 15) is 14.4 Å². The Kier molecular flexibility index (Phi) is 7.77. The Morgan fingerprint density at radius 1 is 0.917 bits per heavy atom. The zero-order valence-corrected chi connectivity index (χ0v) is 20.0. The van der Waals surface area contributed by atoms with Gasteiger partial charge in [0.2, 0.25) is 5.91 Å². The van der Waals surface area contributed by atoms with Gasteiger partial charge in [0.15, 0.2) is 5.69 Å². The number of rotatable bonds is 9. The number of carbonyl (C=O) groups is 1. The van der Waals surface area contributed by atoms with Gasteiger partial charge in [-0.3, -0.25) is 24.0 Å². The van der Waals surface area contributed by atoms with Crippen LogP contribution in [-0.4, -0.2) is 29.2 Å². The molecule has 3 aromatic carbocycles. The van der Waals surface area contributed by atoms with Crippen LogP contribution in [0.1, 0.15) is 22.6 Å². The van der Waals surface area contributed by atoms with E-state index in [2.05, 4.69) is 4.98 Å². The van der Waals surface area contributed by atoms with Crippen LogP contribution in [0.4, 0.5) is 11.5 Å². The third-order valence-corrected chi connectivity index (χ3v) is 5.97. The number of nitrogen functional groups attached to an aromatic ring is 1. The maximum Gasteiger partial charge on any atom is 0.330 e. The molecule has 0 saturated carbocycles. The predicted octanol–water partition coefficient (Wildman–Crippen LogP) is 3.13. The van der Waals surface area contributed by atoms with E-state index in [1.165, 1.54) is 16.6 Å². The smallest absolute Gasteiger partial charge is 0.330 e. The first-order valence-electron chi connectivity index (χ1n) is 11.6. The van der Waals surface area contributed by atoms with Crippen molar-refractivity contribution >= 4 is 17.4 Å². The van der Waals surface area contributed by atoms with Crippen LogP contribution in [0.2, 0.25) is 0 Å². The highest BCUT2D eigenvalue weighted by molar-refractivity contribution is 6.01. The molecule has 0 aliphatic rings. The van der Waals surface area contributed by atoms with E-state index in [1.807, 2.05) is 91.0 Å². The zero-order valence-electron chi connectivity index (χ0n) is 20.0. The quantitative estimate of drug-likeness (QED) is 0.379. The molecule has 0 unspecified atom stereocenters. The summed E-state index contributed by atoms with van der Waals surface area (Å²) in [4.78, 5) is 43.7. The van der Waals surface area contributed by atoms with Gasteiger partial charge >= 0.3 is 5.69 Å². The third kappa shape index (κ3) is 5.29. The summed E-state index contributed by atoms with van der Waals surface area (Å²) in [6.45, 7) is 0.420. The summed E-state index contributed by atoms with van der Waals surface area (Å²) in [6.07, 6.45) is 0. The van der Waals surface area contributed by atoms with Crippen LogP contribution in [0.15, 0.2) is 101 Å². The van der Waals surface area contributed by atoms with Gasteiger partial charge in [-0.1, -0.05) is 91.0 Å². The van der Waals surface area contributed by atoms with Gasteiger partial charge in [0.1, 0.15) is 5.82 Å². The van der Waals surface area contributed by atoms with Crippen molar-refractivity contribution in [3.05, 3.63) is 129 Å². The summed E-state index contributed by atoms with van der Waals surface area (Å²) >= 11 is 0. The molecule has 8 nitrogen and oxygen atoms in total. The van der Waals surface area contributed by atoms with Crippen LogP contribution in [0, 0.1) is 0 Å². The number of aromatic amines is 1. The molecule has 0 aliphatic carbocycles. The fourth-order valence-corrected chi connectivity index (χ4v) is 4.20.